The molecular weight excluding hydrogens is 276 g/mol. The molecule has 0 radical (unpaired) electrons. The number of amides is 1. The van der Waals surface area contributed by atoms with Gasteiger partial charge < -0.3 is 10.6 Å². The molecule has 0 spiro atoms. The van der Waals surface area contributed by atoms with Crippen molar-refractivity contribution in [2.24, 2.45) is 5.92 Å². The van der Waals surface area contributed by atoms with Gasteiger partial charge in [-0.3, -0.25) is 4.79 Å². The van der Waals surface area contributed by atoms with Crippen LogP contribution >= 0.6 is 0 Å². The van der Waals surface area contributed by atoms with Crippen LogP contribution in [0.1, 0.15) is 30.9 Å². The van der Waals surface area contributed by atoms with Crippen LogP contribution in [0.15, 0.2) is 30.3 Å². The van der Waals surface area contributed by atoms with Gasteiger partial charge in [-0.05, 0) is 31.5 Å². The molecule has 0 fully saturated rings. The molecule has 1 aromatic heterocycles. The van der Waals surface area contributed by atoms with E-state index in [1.807, 2.05) is 58.0 Å². The minimum absolute atomic E-state index is 0.0205. The highest BCUT2D eigenvalue weighted by Gasteiger charge is 2.07. The fourth-order valence-electron chi connectivity index (χ4n) is 2.05. The van der Waals surface area contributed by atoms with Gasteiger partial charge in [0.25, 0.3) is 0 Å². The van der Waals surface area contributed by atoms with E-state index in [0.717, 1.165) is 28.6 Å². The Morgan fingerprint density at radius 2 is 1.95 bits per heavy atom. The number of nitrogens with one attached hydrogen (secondary N) is 2. The lowest BCUT2D eigenvalue weighted by atomic mass is 10.1. The van der Waals surface area contributed by atoms with Crippen molar-refractivity contribution < 1.29 is 4.79 Å². The predicted molar refractivity (Wildman–Crippen MR) is 88.7 cm³/mol. The molecule has 0 unspecified atom stereocenters. The number of hydrogen-bond acceptors (Lipinski definition) is 4. The second kappa shape index (κ2) is 7.02. The van der Waals surface area contributed by atoms with E-state index in [9.17, 15) is 4.79 Å². The summed E-state index contributed by atoms with van der Waals surface area (Å²) < 4.78 is 0. The van der Waals surface area contributed by atoms with Crippen LogP contribution in [0, 0.1) is 19.8 Å². The number of nitrogens with zero attached hydrogens (tertiary/aromatic N) is 2. The molecule has 0 saturated heterocycles. The molecule has 2 rings (SSSR count). The number of carbonyl (C=O) groups excluding carboxylic acids is 1. The normalized spacial score (nSPS) is 10.6. The zero-order chi connectivity index (χ0) is 16.1. The van der Waals surface area contributed by atoms with Gasteiger partial charge in [0.2, 0.25) is 5.91 Å². The van der Waals surface area contributed by atoms with Crippen LogP contribution in [-0.2, 0) is 11.3 Å². The smallest absolute Gasteiger partial charge is 0.226 e. The minimum Gasteiger partial charge on any atom is -0.366 e. The first kappa shape index (κ1) is 15.9. The Balaban J connectivity index is 2.02. The number of benzene rings is 1. The molecular formula is C17H22N4O. The molecule has 0 aliphatic rings. The Hall–Kier alpha value is -2.43. The fraction of sp³-hybridized carbons (Fsp3) is 0.353. The van der Waals surface area contributed by atoms with Crippen LogP contribution in [0.4, 0.5) is 11.5 Å². The van der Waals surface area contributed by atoms with E-state index in [2.05, 4.69) is 20.6 Å². The SMILES string of the molecule is Cc1cc(NCc2cccc(NC(=O)C(C)C)c2)nc(C)n1. The van der Waals surface area contributed by atoms with Crippen molar-refractivity contribution in [1.29, 1.82) is 0 Å². The van der Waals surface area contributed by atoms with Gasteiger partial charge in [-0.15, -0.1) is 0 Å². The molecule has 2 aromatic rings. The highest BCUT2D eigenvalue weighted by atomic mass is 16.1. The third-order valence-electron chi connectivity index (χ3n) is 3.16. The third kappa shape index (κ3) is 4.55. The van der Waals surface area contributed by atoms with Crippen molar-refractivity contribution >= 4 is 17.4 Å². The maximum atomic E-state index is 11.7. The first-order valence-electron chi connectivity index (χ1n) is 7.40. The number of rotatable bonds is 5. The molecule has 0 bridgehead atoms. The lowest BCUT2D eigenvalue weighted by Gasteiger charge is -2.10. The van der Waals surface area contributed by atoms with Crippen LogP contribution in [0.3, 0.4) is 0 Å². The highest BCUT2D eigenvalue weighted by Crippen LogP contribution is 2.14. The minimum atomic E-state index is -0.0336. The van der Waals surface area contributed by atoms with E-state index in [4.69, 9.17) is 0 Å². The first-order valence-corrected chi connectivity index (χ1v) is 7.40. The summed E-state index contributed by atoms with van der Waals surface area (Å²) in [6.45, 7) is 8.21. The zero-order valence-electron chi connectivity index (χ0n) is 13.5. The van der Waals surface area contributed by atoms with Crippen LogP contribution in [-0.4, -0.2) is 15.9 Å². The van der Waals surface area contributed by atoms with Gasteiger partial charge in [0.15, 0.2) is 0 Å². The second-order valence-electron chi connectivity index (χ2n) is 5.64. The molecule has 0 atom stereocenters. The highest BCUT2D eigenvalue weighted by molar-refractivity contribution is 5.92. The van der Waals surface area contributed by atoms with Crippen LogP contribution in [0.25, 0.3) is 0 Å². The van der Waals surface area contributed by atoms with Crippen molar-refractivity contribution in [2.75, 3.05) is 10.6 Å². The summed E-state index contributed by atoms with van der Waals surface area (Å²) in [6, 6.07) is 9.72. The standard InChI is InChI=1S/C17H22N4O/c1-11(2)17(22)21-15-7-5-6-14(9-15)10-18-16-8-12(3)19-13(4)20-16/h5-9,11H,10H2,1-4H3,(H,21,22)(H,18,19,20). The zero-order valence-corrected chi connectivity index (χ0v) is 13.5. The predicted octanol–water partition coefficient (Wildman–Crippen LogP) is 3.30. The molecule has 5 heteroatoms. The quantitative estimate of drug-likeness (QED) is 0.889. The molecule has 2 N–H and O–H groups in total. The Bertz CT molecular complexity index is 647. The summed E-state index contributed by atoms with van der Waals surface area (Å²) in [5.41, 5.74) is 2.83. The Morgan fingerprint density at radius 1 is 1.18 bits per heavy atom. The van der Waals surface area contributed by atoms with E-state index >= 15 is 0 Å². The molecule has 5 nitrogen and oxygen atoms in total. The summed E-state index contributed by atoms with van der Waals surface area (Å²) in [6.07, 6.45) is 0. The Kier molecular flexibility index (Phi) is 5.09. The molecule has 116 valence electrons. The molecule has 22 heavy (non-hydrogen) atoms. The molecule has 0 saturated carbocycles. The topological polar surface area (TPSA) is 66.9 Å². The average Bonchev–Trinajstić information content (AvgIpc) is 2.44. The fourth-order valence-corrected chi connectivity index (χ4v) is 2.05. The van der Waals surface area contributed by atoms with E-state index in [1.165, 1.54) is 0 Å². The molecule has 0 aliphatic heterocycles. The monoisotopic (exact) mass is 298 g/mol. The van der Waals surface area contributed by atoms with Gasteiger partial charge in [0.05, 0.1) is 0 Å². The second-order valence-corrected chi connectivity index (χ2v) is 5.64. The Labute approximate surface area is 131 Å². The lowest BCUT2D eigenvalue weighted by Crippen LogP contribution is -2.17. The third-order valence-corrected chi connectivity index (χ3v) is 3.16. The number of carbonyl (C=O) groups is 1. The van der Waals surface area contributed by atoms with E-state index < -0.39 is 0 Å². The van der Waals surface area contributed by atoms with Crippen molar-refractivity contribution in [3.63, 3.8) is 0 Å². The van der Waals surface area contributed by atoms with Gasteiger partial charge in [-0.25, -0.2) is 9.97 Å². The molecule has 1 aromatic carbocycles. The van der Waals surface area contributed by atoms with Crippen molar-refractivity contribution in [3.8, 4) is 0 Å². The molecule has 1 amide bonds. The van der Waals surface area contributed by atoms with Gasteiger partial charge in [0.1, 0.15) is 11.6 Å². The van der Waals surface area contributed by atoms with Crippen LogP contribution in [0.2, 0.25) is 0 Å². The van der Waals surface area contributed by atoms with E-state index in [0.29, 0.717) is 6.54 Å². The average molecular weight is 298 g/mol. The number of aryl methyl sites for hydroxylation is 2. The molecule has 0 aliphatic carbocycles. The number of anilines is 2. The maximum Gasteiger partial charge on any atom is 0.226 e. The van der Waals surface area contributed by atoms with Gasteiger partial charge in [0, 0.05) is 29.9 Å². The molecule has 1 heterocycles. The van der Waals surface area contributed by atoms with Crippen molar-refractivity contribution in [3.05, 3.63) is 47.4 Å². The van der Waals surface area contributed by atoms with Crippen molar-refractivity contribution in [2.45, 2.75) is 34.2 Å². The number of aromatic nitrogens is 2. The lowest BCUT2D eigenvalue weighted by molar-refractivity contribution is -0.118. The van der Waals surface area contributed by atoms with Gasteiger partial charge >= 0.3 is 0 Å². The summed E-state index contributed by atoms with van der Waals surface area (Å²) in [4.78, 5) is 20.3. The largest absolute Gasteiger partial charge is 0.366 e. The summed E-state index contributed by atoms with van der Waals surface area (Å²) in [5.74, 6) is 1.54. The summed E-state index contributed by atoms with van der Waals surface area (Å²) in [5, 5.41) is 6.19. The summed E-state index contributed by atoms with van der Waals surface area (Å²) in [7, 11) is 0. The maximum absolute atomic E-state index is 11.7. The number of hydrogen-bond donors (Lipinski definition) is 2. The van der Waals surface area contributed by atoms with Crippen LogP contribution in [0.5, 0.6) is 0 Å². The van der Waals surface area contributed by atoms with E-state index in [1.54, 1.807) is 0 Å². The van der Waals surface area contributed by atoms with Gasteiger partial charge in [-0.2, -0.15) is 0 Å². The first-order chi connectivity index (χ1) is 10.4. The Morgan fingerprint density at radius 3 is 2.64 bits per heavy atom. The van der Waals surface area contributed by atoms with E-state index in [-0.39, 0.29) is 11.8 Å². The van der Waals surface area contributed by atoms with Gasteiger partial charge in [-0.1, -0.05) is 26.0 Å². The van der Waals surface area contributed by atoms with Crippen molar-refractivity contribution in [1.82, 2.24) is 9.97 Å². The van der Waals surface area contributed by atoms with Crippen LogP contribution < -0.4 is 10.6 Å². The summed E-state index contributed by atoms with van der Waals surface area (Å²) >= 11 is 0.